The molecule has 0 spiro atoms. The Morgan fingerprint density at radius 2 is 1.72 bits per heavy atom. The number of carbonyl (C=O) groups is 2. The number of rotatable bonds is 9. The minimum atomic E-state index is -0.609. The van der Waals surface area contributed by atoms with Gasteiger partial charge in [-0.25, -0.2) is 0 Å². The molecule has 1 atom stereocenters. The third-order valence-electron chi connectivity index (χ3n) is 6.03. The summed E-state index contributed by atoms with van der Waals surface area (Å²) in [6.45, 7) is 6.14. The lowest BCUT2D eigenvalue weighted by Gasteiger charge is -2.30. The first kappa shape index (κ1) is 24.1. The van der Waals surface area contributed by atoms with Crippen LogP contribution in [0, 0.1) is 0 Å². The van der Waals surface area contributed by atoms with Crippen molar-refractivity contribution in [2.24, 2.45) is 0 Å². The molecule has 1 fully saturated rings. The molecule has 0 aromatic heterocycles. The van der Waals surface area contributed by atoms with E-state index in [2.05, 4.69) is 19.2 Å². The van der Waals surface area contributed by atoms with Crippen molar-refractivity contribution in [1.29, 1.82) is 0 Å². The third-order valence-corrected chi connectivity index (χ3v) is 6.28. The van der Waals surface area contributed by atoms with Crippen molar-refractivity contribution < 1.29 is 14.3 Å². The predicted octanol–water partition coefficient (Wildman–Crippen LogP) is 5.32. The van der Waals surface area contributed by atoms with E-state index in [4.69, 9.17) is 16.3 Å². The fourth-order valence-corrected chi connectivity index (χ4v) is 4.20. The third kappa shape index (κ3) is 6.49. The van der Waals surface area contributed by atoms with E-state index in [0.717, 1.165) is 36.8 Å². The summed E-state index contributed by atoms with van der Waals surface area (Å²) in [6.07, 6.45) is 4.27. The molecule has 0 radical (unpaired) electrons. The van der Waals surface area contributed by atoms with Crippen molar-refractivity contribution in [3.05, 3.63) is 64.7 Å². The zero-order valence-electron chi connectivity index (χ0n) is 19.1. The Labute approximate surface area is 196 Å². The highest BCUT2D eigenvalue weighted by Gasteiger charge is 2.29. The molecule has 32 heavy (non-hydrogen) atoms. The Hall–Kier alpha value is -2.53. The Morgan fingerprint density at radius 1 is 1.06 bits per heavy atom. The molecule has 2 aromatic carbocycles. The van der Waals surface area contributed by atoms with Crippen molar-refractivity contribution in [2.45, 2.75) is 71.0 Å². The minimum absolute atomic E-state index is 0.123. The molecular weight excluding hydrogens is 424 g/mol. The molecule has 1 N–H and O–H groups in total. The van der Waals surface area contributed by atoms with Gasteiger partial charge in [0, 0.05) is 17.6 Å². The number of nitrogens with zero attached hydrogens (tertiary/aromatic N) is 1. The molecule has 2 amide bonds. The fourth-order valence-electron chi connectivity index (χ4n) is 4.07. The van der Waals surface area contributed by atoms with Crippen LogP contribution in [0.5, 0.6) is 5.75 Å². The number of hydrogen-bond donors (Lipinski definition) is 1. The highest BCUT2D eigenvalue weighted by atomic mass is 35.5. The van der Waals surface area contributed by atoms with Crippen LogP contribution in [0.1, 0.15) is 63.5 Å². The van der Waals surface area contributed by atoms with Gasteiger partial charge in [0.15, 0.2) is 6.61 Å². The summed E-state index contributed by atoms with van der Waals surface area (Å²) >= 11 is 6.01. The molecule has 1 aliphatic rings. The number of carbonyl (C=O) groups excluding carboxylic acids is 2. The molecule has 6 heteroatoms. The van der Waals surface area contributed by atoms with Crippen molar-refractivity contribution >= 4 is 23.4 Å². The average Bonchev–Trinajstić information content (AvgIpc) is 3.29. The van der Waals surface area contributed by atoms with E-state index >= 15 is 0 Å². The molecule has 0 aliphatic heterocycles. The zero-order chi connectivity index (χ0) is 23.1. The van der Waals surface area contributed by atoms with Crippen molar-refractivity contribution in [1.82, 2.24) is 10.2 Å². The Balaban J connectivity index is 1.73. The van der Waals surface area contributed by atoms with Gasteiger partial charge in [0.1, 0.15) is 11.8 Å². The molecule has 5 nitrogen and oxygen atoms in total. The van der Waals surface area contributed by atoms with Gasteiger partial charge in [-0.05, 0) is 55.0 Å². The van der Waals surface area contributed by atoms with Crippen LogP contribution in [0.25, 0.3) is 0 Å². The summed E-state index contributed by atoms with van der Waals surface area (Å²) in [5.74, 6) is 0.627. The van der Waals surface area contributed by atoms with Crippen molar-refractivity contribution in [2.75, 3.05) is 6.61 Å². The molecule has 1 aliphatic carbocycles. The molecule has 0 heterocycles. The lowest BCUT2D eigenvalue weighted by Crippen LogP contribution is -2.50. The smallest absolute Gasteiger partial charge is 0.261 e. The maximum absolute atomic E-state index is 13.2. The van der Waals surface area contributed by atoms with E-state index in [1.54, 1.807) is 24.0 Å². The van der Waals surface area contributed by atoms with Gasteiger partial charge >= 0.3 is 0 Å². The highest BCUT2D eigenvalue weighted by molar-refractivity contribution is 6.30. The summed E-state index contributed by atoms with van der Waals surface area (Å²) in [4.78, 5) is 27.8. The number of para-hydroxylation sites is 1. The number of benzene rings is 2. The molecule has 2 aromatic rings. The fraction of sp³-hybridized carbons (Fsp3) is 0.462. The molecule has 172 valence electrons. The van der Waals surface area contributed by atoms with Crippen LogP contribution >= 0.6 is 11.6 Å². The van der Waals surface area contributed by atoms with E-state index in [-0.39, 0.29) is 30.4 Å². The number of halogens is 1. The van der Waals surface area contributed by atoms with Gasteiger partial charge in [-0.15, -0.1) is 0 Å². The topological polar surface area (TPSA) is 58.6 Å². The highest BCUT2D eigenvalue weighted by Crippen LogP contribution is 2.26. The van der Waals surface area contributed by atoms with Crippen molar-refractivity contribution in [3.8, 4) is 5.75 Å². The normalized spacial score (nSPS) is 14.9. The summed E-state index contributed by atoms with van der Waals surface area (Å²) in [6, 6.07) is 14.7. The minimum Gasteiger partial charge on any atom is -0.483 e. The molecule has 0 saturated heterocycles. The van der Waals surface area contributed by atoms with E-state index in [1.807, 2.05) is 36.4 Å². The lowest BCUT2D eigenvalue weighted by molar-refractivity contribution is -0.142. The van der Waals surface area contributed by atoms with E-state index in [9.17, 15) is 9.59 Å². The van der Waals surface area contributed by atoms with E-state index in [1.165, 1.54) is 0 Å². The molecular formula is C26H33ClN2O3. The van der Waals surface area contributed by atoms with Gasteiger partial charge in [0.2, 0.25) is 5.91 Å². The Bertz CT molecular complexity index is 908. The number of hydrogen-bond acceptors (Lipinski definition) is 3. The van der Waals surface area contributed by atoms with Gasteiger partial charge in [-0.1, -0.05) is 68.6 Å². The van der Waals surface area contributed by atoms with Crippen LogP contribution in [0.4, 0.5) is 0 Å². The largest absolute Gasteiger partial charge is 0.483 e. The number of nitrogens with one attached hydrogen (secondary N) is 1. The first-order chi connectivity index (χ1) is 15.3. The molecule has 1 saturated carbocycles. The number of amides is 2. The summed E-state index contributed by atoms with van der Waals surface area (Å²) in [5.41, 5.74) is 1.96. The monoisotopic (exact) mass is 456 g/mol. The van der Waals surface area contributed by atoms with Gasteiger partial charge < -0.3 is 15.0 Å². The maximum atomic E-state index is 13.2. The first-order valence-electron chi connectivity index (χ1n) is 11.4. The standard InChI is InChI=1S/C26H33ClN2O3/c1-18(2)23-10-6-7-11-24(23)32-17-25(30)29(16-20-12-14-21(27)15-13-20)19(3)26(31)28-22-8-4-5-9-22/h6-7,10-15,18-19,22H,4-5,8-9,16-17H2,1-3H3,(H,28,31). The quantitative estimate of drug-likeness (QED) is 0.555. The second-order valence-electron chi connectivity index (χ2n) is 8.80. The van der Waals surface area contributed by atoms with Crippen LogP contribution in [0.2, 0.25) is 5.02 Å². The van der Waals surface area contributed by atoms with E-state index < -0.39 is 6.04 Å². The molecule has 3 rings (SSSR count). The maximum Gasteiger partial charge on any atom is 0.261 e. The predicted molar refractivity (Wildman–Crippen MR) is 128 cm³/mol. The van der Waals surface area contributed by atoms with Gasteiger partial charge in [-0.2, -0.15) is 0 Å². The van der Waals surface area contributed by atoms with Gasteiger partial charge in [0.25, 0.3) is 5.91 Å². The van der Waals surface area contributed by atoms with Crippen LogP contribution in [0.3, 0.4) is 0 Å². The SMILES string of the molecule is CC(C)c1ccccc1OCC(=O)N(Cc1ccc(Cl)cc1)C(C)C(=O)NC1CCCC1. The van der Waals surface area contributed by atoms with Crippen LogP contribution < -0.4 is 10.1 Å². The Kier molecular flexibility index (Phi) is 8.57. The summed E-state index contributed by atoms with van der Waals surface area (Å²) < 4.78 is 5.92. The second-order valence-corrected chi connectivity index (χ2v) is 9.23. The number of ether oxygens (including phenoxy) is 1. The zero-order valence-corrected chi connectivity index (χ0v) is 19.9. The second kappa shape index (κ2) is 11.4. The van der Waals surface area contributed by atoms with Crippen molar-refractivity contribution in [3.63, 3.8) is 0 Å². The lowest BCUT2D eigenvalue weighted by atomic mass is 10.0. The average molecular weight is 457 g/mol. The first-order valence-corrected chi connectivity index (χ1v) is 11.8. The molecule has 0 bridgehead atoms. The Morgan fingerprint density at radius 3 is 2.38 bits per heavy atom. The summed E-state index contributed by atoms with van der Waals surface area (Å²) in [5, 5.41) is 3.74. The van der Waals surface area contributed by atoms with Gasteiger partial charge in [-0.3, -0.25) is 9.59 Å². The van der Waals surface area contributed by atoms with Crippen LogP contribution in [-0.2, 0) is 16.1 Å². The van der Waals surface area contributed by atoms with Crippen LogP contribution in [0.15, 0.2) is 48.5 Å². The summed E-state index contributed by atoms with van der Waals surface area (Å²) in [7, 11) is 0. The molecule has 1 unspecified atom stereocenters. The van der Waals surface area contributed by atoms with Crippen LogP contribution in [-0.4, -0.2) is 35.4 Å². The van der Waals surface area contributed by atoms with Gasteiger partial charge in [0.05, 0.1) is 0 Å². The van der Waals surface area contributed by atoms with E-state index in [0.29, 0.717) is 17.3 Å².